The van der Waals surface area contributed by atoms with Crippen LogP contribution in [0.15, 0.2) is 4.47 Å². The fraction of sp³-hybridized carbons (Fsp3) is 0.769. The molecule has 0 radical (unpaired) electrons. The number of hydrogen-bond acceptors (Lipinski definition) is 3. The number of nitrogens with one attached hydrogen (secondary N) is 1. The molecule has 1 rings (SSSR count). The van der Waals surface area contributed by atoms with Gasteiger partial charge in [0.05, 0.1) is 22.0 Å². The van der Waals surface area contributed by atoms with Crippen molar-refractivity contribution in [3.05, 3.63) is 15.9 Å². The van der Waals surface area contributed by atoms with E-state index in [0.29, 0.717) is 6.54 Å². The summed E-state index contributed by atoms with van der Waals surface area (Å²) in [4.78, 5) is 0. The van der Waals surface area contributed by atoms with Gasteiger partial charge in [0.15, 0.2) is 0 Å². The summed E-state index contributed by atoms with van der Waals surface area (Å²) in [6, 6.07) is 0. The van der Waals surface area contributed by atoms with Crippen LogP contribution in [0.3, 0.4) is 0 Å². The van der Waals surface area contributed by atoms with Crippen LogP contribution in [-0.2, 0) is 19.5 Å². The van der Waals surface area contributed by atoms with Crippen LogP contribution >= 0.6 is 15.9 Å². The van der Waals surface area contributed by atoms with E-state index in [4.69, 9.17) is 0 Å². The molecule has 0 aliphatic rings. The molecule has 1 heterocycles. The van der Waals surface area contributed by atoms with Gasteiger partial charge in [-0.25, -0.2) is 0 Å². The topological polar surface area (TPSA) is 50.1 Å². The second-order valence-electron chi connectivity index (χ2n) is 5.13. The highest BCUT2D eigenvalue weighted by atomic mass is 79.9. The molecule has 4 nitrogen and oxygen atoms in total. The Morgan fingerprint density at radius 3 is 2.50 bits per heavy atom. The van der Waals surface area contributed by atoms with E-state index in [1.165, 1.54) is 0 Å². The molecule has 1 atom stereocenters. The summed E-state index contributed by atoms with van der Waals surface area (Å²) in [5, 5.41) is 17.7. The molecule has 0 aliphatic heterocycles. The number of aliphatic hydroxyl groups is 1. The zero-order chi connectivity index (χ0) is 13.9. The molecule has 104 valence electrons. The maximum atomic E-state index is 9.71. The van der Waals surface area contributed by atoms with E-state index in [1.807, 2.05) is 18.5 Å². The van der Waals surface area contributed by atoms with Gasteiger partial charge < -0.3 is 10.4 Å². The van der Waals surface area contributed by atoms with Gasteiger partial charge in [-0.15, -0.1) is 0 Å². The first-order valence-electron chi connectivity index (χ1n) is 6.50. The van der Waals surface area contributed by atoms with Crippen LogP contribution in [0.1, 0.15) is 46.0 Å². The number of rotatable bonds is 6. The molecule has 0 amide bonds. The molecule has 0 saturated heterocycles. The second kappa shape index (κ2) is 6.17. The lowest BCUT2D eigenvalue weighted by Gasteiger charge is -2.29. The normalized spacial score (nSPS) is 13.9. The summed E-state index contributed by atoms with van der Waals surface area (Å²) in [5.74, 6) is 0. The van der Waals surface area contributed by atoms with Gasteiger partial charge in [0, 0.05) is 18.6 Å². The number of aromatic nitrogens is 2. The van der Waals surface area contributed by atoms with E-state index in [-0.39, 0.29) is 5.54 Å². The van der Waals surface area contributed by atoms with E-state index in [9.17, 15) is 5.11 Å². The first-order valence-corrected chi connectivity index (χ1v) is 7.29. The lowest BCUT2D eigenvalue weighted by Crippen LogP contribution is -2.48. The van der Waals surface area contributed by atoms with E-state index in [2.05, 4.69) is 40.2 Å². The van der Waals surface area contributed by atoms with Gasteiger partial charge in [-0.2, -0.15) is 5.10 Å². The molecular formula is C13H24BrN3O. The summed E-state index contributed by atoms with van der Waals surface area (Å²) in [6.07, 6.45) is 0.514. The summed E-state index contributed by atoms with van der Waals surface area (Å²) < 4.78 is 3.09. The Hall–Kier alpha value is -0.390. The van der Waals surface area contributed by atoms with Gasteiger partial charge in [0.1, 0.15) is 0 Å². The van der Waals surface area contributed by atoms with E-state index in [0.717, 1.165) is 28.8 Å². The lowest BCUT2D eigenvalue weighted by molar-refractivity contribution is 0.0950. The fourth-order valence-corrected chi connectivity index (χ4v) is 2.35. The molecule has 5 heteroatoms. The largest absolute Gasteiger partial charge is 0.392 e. The number of nitrogens with zero attached hydrogens (tertiary/aromatic N) is 2. The molecule has 18 heavy (non-hydrogen) atoms. The first-order chi connectivity index (χ1) is 8.33. The zero-order valence-electron chi connectivity index (χ0n) is 11.9. The maximum absolute atomic E-state index is 9.71. The average Bonchev–Trinajstić information content (AvgIpc) is 2.62. The van der Waals surface area contributed by atoms with E-state index < -0.39 is 6.10 Å². The van der Waals surface area contributed by atoms with Gasteiger partial charge in [0.25, 0.3) is 0 Å². The SMILES string of the molecule is CCc1nn(CC)c(CNC(C)(C)C(C)O)c1Br. The number of aryl methyl sites for hydroxylation is 2. The minimum absolute atomic E-state index is 0.311. The van der Waals surface area contributed by atoms with Crippen molar-refractivity contribution in [1.82, 2.24) is 15.1 Å². The summed E-state index contributed by atoms with van der Waals surface area (Å²) in [5.41, 5.74) is 1.92. The maximum Gasteiger partial charge on any atom is 0.0767 e. The van der Waals surface area contributed by atoms with Crippen molar-refractivity contribution in [2.75, 3.05) is 0 Å². The van der Waals surface area contributed by atoms with Gasteiger partial charge in [-0.05, 0) is 50.0 Å². The Morgan fingerprint density at radius 1 is 1.44 bits per heavy atom. The van der Waals surface area contributed by atoms with E-state index >= 15 is 0 Å². The van der Waals surface area contributed by atoms with Gasteiger partial charge in [-0.1, -0.05) is 6.92 Å². The first kappa shape index (κ1) is 15.7. The Bertz CT molecular complexity index is 399. The molecule has 0 aromatic carbocycles. The summed E-state index contributed by atoms with van der Waals surface area (Å²) in [7, 11) is 0. The molecule has 0 saturated carbocycles. The highest BCUT2D eigenvalue weighted by Gasteiger charge is 2.24. The smallest absolute Gasteiger partial charge is 0.0767 e. The number of halogens is 1. The van der Waals surface area contributed by atoms with Crippen LogP contribution in [0.25, 0.3) is 0 Å². The summed E-state index contributed by atoms with van der Waals surface area (Å²) >= 11 is 3.62. The van der Waals surface area contributed by atoms with E-state index in [1.54, 1.807) is 6.92 Å². The molecule has 1 unspecified atom stereocenters. The standard InChI is InChI=1S/C13H24BrN3O/c1-6-10-12(14)11(17(7-2)16-10)8-15-13(4,5)9(3)18/h9,15,18H,6-8H2,1-5H3. The molecule has 0 spiro atoms. The fourth-order valence-electron chi connectivity index (χ4n) is 1.65. The average molecular weight is 318 g/mol. The second-order valence-corrected chi connectivity index (χ2v) is 5.92. The monoisotopic (exact) mass is 317 g/mol. The van der Waals surface area contributed by atoms with Crippen molar-refractivity contribution < 1.29 is 5.11 Å². The molecule has 0 bridgehead atoms. The lowest BCUT2D eigenvalue weighted by atomic mass is 9.99. The molecule has 1 aromatic rings. The van der Waals surface area contributed by atoms with Gasteiger partial charge in [0.2, 0.25) is 0 Å². The molecular weight excluding hydrogens is 294 g/mol. The third-order valence-electron chi connectivity index (χ3n) is 3.45. The van der Waals surface area contributed by atoms with Crippen LogP contribution in [-0.4, -0.2) is 26.5 Å². The van der Waals surface area contributed by atoms with Crippen LogP contribution in [0, 0.1) is 0 Å². The molecule has 1 aromatic heterocycles. The quantitative estimate of drug-likeness (QED) is 0.847. The minimum atomic E-state index is -0.403. The van der Waals surface area contributed by atoms with Crippen molar-refractivity contribution in [2.24, 2.45) is 0 Å². The predicted molar refractivity (Wildman–Crippen MR) is 77.6 cm³/mol. The molecule has 0 fully saturated rings. The van der Waals surface area contributed by atoms with Crippen LogP contribution in [0.4, 0.5) is 0 Å². The minimum Gasteiger partial charge on any atom is -0.392 e. The Kier molecular flexibility index (Phi) is 5.37. The van der Waals surface area contributed by atoms with Crippen LogP contribution < -0.4 is 5.32 Å². The third-order valence-corrected chi connectivity index (χ3v) is 4.37. The highest BCUT2D eigenvalue weighted by Crippen LogP contribution is 2.23. The molecule has 0 aliphatic carbocycles. The van der Waals surface area contributed by atoms with Crippen molar-refractivity contribution in [1.29, 1.82) is 0 Å². The predicted octanol–water partition coefficient (Wildman–Crippen LogP) is 2.48. The Morgan fingerprint density at radius 2 is 2.06 bits per heavy atom. The van der Waals surface area contributed by atoms with Crippen LogP contribution in [0.5, 0.6) is 0 Å². The van der Waals surface area contributed by atoms with Gasteiger partial charge >= 0.3 is 0 Å². The Labute approximate surface area is 118 Å². The third kappa shape index (κ3) is 3.33. The van der Waals surface area contributed by atoms with Crippen molar-refractivity contribution in [3.63, 3.8) is 0 Å². The van der Waals surface area contributed by atoms with Gasteiger partial charge in [-0.3, -0.25) is 4.68 Å². The zero-order valence-corrected chi connectivity index (χ0v) is 13.5. The van der Waals surface area contributed by atoms with Crippen molar-refractivity contribution in [3.8, 4) is 0 Å². The number of hydrogen-bond donors (Lipinski definition) is 2. The van der Waals surface area contributed by atoms with Crippen molar-refractivity contribution >= 4 is 15.9 Å². The Balaban J connectivity index is 2.87. The molecule has 2 N–H and O–H groups in total. The van der Waals surface area contributed by atoms with Crippen LogP contribution in [0.2, 0.25) is 0 Å². The van der Waals surface area contributed by atoms with Crippen molar-refractivity contribution in [2.45, 2.75) is 65.8 Å². The summed E-state index contributed by atoms with van der Waals surface area (Å²) in [6.45, 7) is 11.5. The number of aliphatic hydroxyl groups excluding tert-OH is 1. The highest BCUT2D eigenvalue weighted by molar-refractivity contribution is 9.10.